The molecule has 9 heteroatoms. The van der Waals surface area contributed by atoms with Crippen molar-refractivity contribution in [3.63, 3.8) is 0 Å². The van der Waals surface area contributed by atoms with Gasteiger partial charge in [-0.3, -0.25) is 4.79 Å². The Bertz CT molecular complexity index is 1410. The van der Waals surface area contributed by atoms with Crippen LogP contribution in [0.1, 0.15) is 24.0 Å². The number of aryl methyl sites for hydroxylation is 2. The van der Waals surface area contributed by atoms with Crippen LogP contribution in [0.2, 0.25) is 0 Å². The van der Waals surface area contributed by atoms with Crippen LogP contribution in [-0.2, 0) is 21.4 Å². The minimum absolute atomic E-state index is 0.0474. The lowest BCUT2D eigenvalue weighted by Gasteiger charge is -2.21. The zero-order valence-electron chi connectivity index (χ0n) is 17.7. The average molecular weight is 472 g/mol. The lowest BCUT2D eigenvalue weighted by atomic mass is 10.1. The number of sulfonamides is 1. The van der Waals surface area contributed by atoms with Crippen molar-refractivity contribution >= 4 is 37.5 Å². The third-order valence-electron chi connectivity index (χ3n) is 5.66. The van der Waals surface area contributed by atoms with Gasteiger partial charge in [0.15, 0.2) is 4.80 Å². The maximum atomic E-state index is 13.2. The number of terminal acetylenes is 1. The summed E-state index contributed by atoms with van der Waals surface area (Å²) in [6.07, 6.45) is 6.47. The quantitative estimate of drug-likeness (QED) is 0.548. The van der Waals surface area contributed by atoms with E-state index in [0.717, 1.165) is 33.5 Å². The summed E-state index contributed by atoms with van der Waals surface area (Å²) in [7, 11) is -3.95. The first kappa shape index (κ1) is 22.4. The summed E-state index contributed by atoms with van der Waals surface area (Å²) in [5.74, 6) is 1.54. The van der Waals surface area contributed by atoms with E-state index in [1.165, 1.54) is 27.8 Å². The lowest BCUT2D eigenvalue weighted by molar-refractivity contribution is -0.121. The molecular weight excluding hydrogens is 449 g/mol. The highest BCUT2D eigenvalue weighted by atomic mass is 32.2. The van der Waals surface area contributed by atoms with Crippen LogP contribution < -0.4 is 4.80 Å². The van der Waals surface area contributed by atoms with Crippen molar-refractivity contribution in [2.24, 2.45) is 4.99 Å². The van der Waals surface area contributed by atoms with E-state index in [9.17, 15) is 17.6 Å². The summed E-state index contributed by atoms with van der Waals surface area (Å²) in [4.78, 5) is 17.8. The second kappa shape index (κ2) is 8.62. The van der Waals surface area contributed by atoms with E-state index in [1.54, 1.807) is 4.57 Å². The molecule has 166 valence electrons. The smallest absolute Gasteiger partial charge is 0.266 e. The summed E-state index contributed by atoms with van der Waals surface area (Å²) < 4.78 is 43.3. The topological polar surface area (TPSA) is 71.7 Å². The third-order valence-corrected chi connectivity index (χ3v) is 8.63. The molecule has 1 aromatic heterocycles. The molecule has 0 N–H and O–H groups in total. The zero-order chi connectivity index (χ0) is 23.0. The first-order valence-corrected chi connectivity index (χ1v) is 12.4. The van der Waals surface area contributed by atoms with Crippen molar-refractivity contribution in [2.45, 2.75) is 44.2 Å². The Kier molecular flexibility index (Phi) is 6.03. The highest BCUT2D eigenvalue weighted by Crippen LogP contribution is 2.27. The minimum Gasteiger partial charge on any atom is -0.305 e. The zero-order valence-corrected chi connectivity index (χ0v) is 19.3. The Morgan fingerprint density at radius 1 is 1.25 bits per heavy atom. The van der Waals surface area contributed by atoms with Crippen LogP contribution in [0.5, 0.6) is 0 Å². The standard InChI is InChI=1S/C23H22FN3O3S2/c1-4-11-26-20-13-15(2)16(3)14-21(20)31-23(26)25-22(28)19-6-5-12-27(19)32(29,30)18-9-7-17(24)8-10-18/h1,7-10,13-14,19H,5-6,11-12H2,2-3H3. The molecule has 0 bridgehead atoms. The molecular formula is C23H22FN3O3S2. The fourth-order valence-electron chi connectivity index (χ4n) is 3.84. The molecule has 0 spiro atoms. The first-order chi connectivity index (χ1) is 15.2. The largest absolute Gasteiger partial charge is 0.305 e. The monoisotopic (exact) mass is 471 g/mol. The van der Waals surface area contributed by atoms with E-state index in [-0.39, 0.29) is 18.0 Å². The number of hydrogen-bond donors (Lipinski definition) is 0. The molecule has 3 aromatic rings. The second-order valence-corrected chi connectivity index (χ2v) is 10.7. The molecule has 6 nitrogen and oxygen atoms in total. The number of nitrogens with zero attached hydrogens (tertiary/aromatic N) is 3. The van der Waals surface area contributed by atoms with Crippen molar-refractivity contribution in [3.05, 3.63) is 58.1 Å². The van der Waals surface area contributed by atoms with Gasteiger partial charge in [0.2, 0.25) is 10.0 Å². The Balaban J connectivity index is 1.74. The molecule has 1 fully saturated rings. The summed E-state index contributed by atoms with van der Waals surface area (Å²) >= 11 is 1.35. The van der Waals surface area contributed by atoms with E-state index >= 15 is 0 Å². The van der Waals surface area contributed by atoms with Gasteiger partial charge in [0.1, 0.15) is 11.9 Å². The highest BCUT2D eigenvalue weighted by molar-refractivity contribution is 7.89. The molecule has 0 saturated carbocycles. The van der Waals surface area contributed by atoms with Gasteiger partial charge in [0.05, 0.1) is 21.7 Å². The van der Waals surface area contributed by atoms with Crippen LogP contribution >= 0.6 is 11.3 Å². The Labute approximate surface area is 190 Å². The third kappa shape index (κ3) is 4.01. The summed E-state index contributed by atoms with van der Waals surface area (Å²) in [5, 5.41) is 0. The SMILES string of the molecule is C#CCn1c(=NC(=O)C2CCCN2S(=O)(=O)c2ccc(F)cc2)sc2cc(C)c(C)cc21. The van der Waals surface area contributed by atoms with E-state index in [1.807, 2.05) is 26.0 Å². The number of thiazole rings is 1. The van der Waals surface area contributed by atoms with Gasteiger partial charge in [-0.25, -0.2) is 12.8 Å². The average Bonchev–Trinajstić information content (AvgIpc) is 3.36. The fraction of sp³-hybridized carbons (Fsp3) is 0.304. The van der Waals surface area contributed by atoms with E-state index < -0.39 is 27.8 Å². The van der Waals surface area contributed by atoms with Crippen LogP contribution in [0.3, 0.4) is 0 Å². The Hall–Kier alpha value is -2.80. The van der Waals surface area contributed by atoms with Crippen LogP contribution in [-0.4, -0.2) is 35.8 Å². The normalized spacial score (nSPS) is 17.7. The molecule has 1 aliphatic rings. The Morgan fingerprint density at radius 3 is 2.62 bits per heavy atom. The molecule has 1 amide bonds. The molecule has 1 unspecified atom stereocenters. The summed E-state index contributed by atoms with van der Waals surface area (Å²) in [6, 6.07) is 7.74. The lowest BCUT2D eigenvalue weighted by Crippen LogP contribution is -2.40. The van der Waals surface area contributed by atoms with Crippen LogP contribution in [0.15, 0.2) is 46.3 Å². The van der Waals surface area contributed by atoms with Crippen molar-refractivity contribution in [1.29, 1.82) is 0 Å². The number of benzene rings is 2. The van der Waals surface area contributed by atoms with Gasteiger partial charge < -0.3 is 4.57 Å². The van der Waals surface area contributed by atoms with Gasteiger partial charge in [-0.05, 0) is 74.2 Å². The number of halogens is 1. The molecule has 4 rings (SSSR count). The predicted octanol–water partition coefficient (Wildman–Crippen LogP) is 3.37. The number of amides is 1. The predicted molar refractivity (Wildman–Crippen MR) is 122 cm³/mol. The maximum absolute atomic E-state index is 13.2. The van der Waals surface area contributed by atoms with Gasteiger partial charge in [-0.2, -0.15) is 9.30 Å². The first-order valence-electron chi connectivity index (χ1n) is 10.1. The molecule has 1 atom stereocenters. The van der Waals surface area contributed by atoms with Crippen LogP contribution in [0.25, 0.3) is 10.2 Å². The Morgan fingerprint density at radius 2 is 1.94 bits per heavy atom. The number of fused-ring (bicyclic) bond motifs is 1. The summed E-state index contributed by atoms with van der Waals surface area (Å²) in [6.45, 7) is 4.47. The fourth-order valence-corrected chi connectivity index (χ4v) is 6.60. The number of aromatic nitrogens is 1. The van der Waals surface area contributed by atoms with Crippen LogP contribution in [0.4, 0.5) is 4.39 Å². The van der Waals surface area contributed by atoms with E-state index in [4.69, 9.17) is 6.42 Å². The van der Waals surface area contributed by atoms with Gasteiger partial charge in [0.25, 0.3) is 5.91 Å². The van der Waals surface area contributed by atoms with Gasteiger partial charge in [0, 0.05) is 6.54 Å². The molecule has 2 aromatic carbocycles. The van der Waals surface area contributed by atoms with Gasteiger partial charge in [-0.15, -0.1) is 6.42 Å². The molecule has 1 aliphatic heterocycles. The molecule has 1 saturated heterocycles. The van der Waals surface area contributed by atoms with Crippen molar-refractivity contribution in [3.8, 4) is 12.3 Å². The number of hydrogen-bond acceptors (Lipinski definition) is 4. The maximum Gasteiger partial charge on any atom is 0.266 e. The molecule has 0 radical (unpaired) electrons. The van der Waals surface area contributed by atoms with Crippen molar-refractivity contribution < 1.29 is 17.6 Å². The summed E-state index contributed by atoms with van der Waals surface area (Å²) in [5.41, 5.74) is 3.12. The molecule has 2 heterocycles. The highest BCUT2D eigenvalue weighted by Gasteiger charge is 2.39. The van der Waals surface area contributed by atoms with Gasteiger partial charge >= 0.3 is 0 Å². The molecule has 32 heavy (non-hydrogen) atoms. The minimum atomic E-state index is -3.95. The number of rotatable bonds is 4. The van der Waals surface area contributed by atoms with E-state index in [2.05, 4.69) is 10.9 Å². The molecule has 0 aliphatic carbocycles. The van der Waals surface area contributed by atoms with Crippen LogP contribution in [0, 0.1) is 32.0 Å². The number of carbonyl (C=O) groups is 1. The van der Waals surface area contributed by atoms with E-state index in [0.29, 0.717) is 17.6 Å². The van der Waals surface area contributed by atoms with Crippen molar-refractivity contribution in [1.82, 2.24) is 8.87 Å². The van der Waals surface area contributed by atoms with Crippen molar-refractivity contribution in [2.75, 3.05) is 6.54 Å². The second-order valence-electron chi connectivity index (χ2n) is 7.76. The number of carbonyl (C=O) groups excluding carboxylic acids is 1. The van der Waals surface area contributed by atoms with Gasteiger partial charge in [-0.1, -0.05) is 17.3 Å².